The van der Waals surface area contributed by atoms with Crippen LogP contribution in [0, 0.1) is 29.6 Å². The maximum absolute atomic E-state index is 12.3. The quantitative estimate of drug-likeness (QED) is 0.840. The molecule has 0 amide bonds. The van der Waals surface area contributed by atoms with Gasteiger partial charge in [-0.1, -0.05) is 0 Å². The van der Waals surface area contributed by atoms with E-state index in [4.69, 9.17) is 10.5 Å². The first-order valence-corrected chi connectivity index (χ1v) is 7.62. The second kappa shape index (κ2) is 5.87. The zero-order valence-corrected chi connectivity index (χ0v) is 12.6. The van der Waals surface area contributed by atoms with Crippen LogP contribution < -0.4 is 14.8 Å². The molecule has 6 heteroatoms. The molecule has 0 aromatic carbocycles. The molecule has 0 unspecified atom stereocenters. The highest BCUT2D eigenvalue weighted by molar-refractivity contribution is 7.11. The summed E-state index contributed by atoms with van der Waals surface area (Å²) in [6.45, 7) is 4.25. The number of rotatable bonds is 2. The lowest BCUT2D eigenvalue weighted by atomic mass is 10.3. The number of nitrogens with zero attached hydrogens (tertiary/aromatic N) is 3. The third-order valence-electron chi connectivity index (χ3n) is 2.83. The minimum absolute atomic E-state index is 0.0171. The molecule has 0 bridgehead atoms. The topological polar surface area (TPSA) is 69.6 Å². The molecule has 4 nitrogen and oxygen atoms in total. The predicted octanol–water partition coefficient (Wildman–Crippen LogP) is 1.33. The van der Waals surface area contributed by atoms with Crippen molar-refractivity contribution in [2.45, 2.75) is 20.4 Å². The summed E-state index contributed by atoms with van der Waals surface area (Å²) in [4.78, 5) is 13.3. The van der Waals surface area contributed by atoms with E-state index in [9.17, 15) is 4.79 Å². The molecule has 2 aromatic heterocycles. The standard InChI is InChI=1S/C14H11N3OS2/c1-3-17-13(18)12(6-11-9(2)4-5-19-11)20-14(17)10(7-15)8-16/h4-6H,3H2,1-2H3/b12-6+. The van der Waals surface area contributed by atoms with Crippen LogP contribution in [0.5, 0.6) is 0 Å². The fourth-order valence-corrected chi connectivity index (χ4v) is 3.80. The highest BCUT2D eigenvalue weighted by atomic mass is 32.1. The summed E-state index contributed by atoms with van der Waals surface area (Å²) in [6.07, 6.45) is 1.83. The SMILES string of the molecule is CCn1c(=C(C#N)C#N)s/c(=C/c2sccc2C)c1=O. The van der Waals surface area contributed by atoms with E-state index < -0.39 is 0 Å². The van der Waals surface area contributed by atoms with Crippen LogP contribution in [0.1, 0.15) is 17.4 Å². The first kappa shape index (κ1) is 14.3. The highest BCUT2D eigenvalue weighted by Crippen LogP contribution is 2.15. The fourth-order valence-electron chi connectivity index (χ4n) is 1.76. The van der Waals surface area contributed by atoms with Crippen molar-refractivity contribution < 1.29 is 0 Å². The van der Waals surface area contributed by atoms with Crippen molar-refractivity contribution in [1.82, 2.24) is 4.57 Å². The van der Waals surface area contributed by atoms with E-state index in [1.165, 1.54) is 15.9 Å². The second-order valence-corrected chi connectivity index (χ2v) is 6.01. The van der Waals surface area contributed by atoms with Crippen LogP contribution in [0.2, 0.25) is 0 Å². The van der Waals surface area contributed by atoms with Gasteiger partial charge < -0.3 is 0 Å². The molecule has 0 spiro atoms. The molecule has 100 valence electrons. The number of aryl methyl sites for hydroxylation is 1. The Labute approximate surface area is 123 Å². The largest absolute Gasteiger partial charge is 0.298 e. The van der Waals surface area contributed by atoms with Gasteiger partial charge in [0, 0.05) is 11.4 Å². The molecule has 20 heavy (non-hydrogen) atoms. The summed E-state index contributed by atoms with van der Waals surface area (Å²) in [5, 5.41) is 19.9. The summed E-state index contributed by atoms with van der Waals surface area (Å²) >= 11 is 2.76. The molecule has 0 radical (unpaired) electrons. The maximum atomic E-state index is 12.3. The fraction of sp³-hybridized carbons (Fsp3) is 0.214. The van der Waals surface area contributed by atoms with Crippen LogP contribution in [0.4, 0.5) is 0 Å². The Bertz CT molecular complexity index is 884. The van der Waals surface area contributed by atoms with Crippen molar-refractivity contribution in [3.63, 3.8) is 0 Å². The zero-order valence-electron chi connectivity index (χ0n) is 11.0. The van der Waals surface area contributed by atoms with Crippen molar-refractivity contribution >= 4 is 34.3 Å². The van der Waals surface area contributed by atoms with Gasteiger partial charge in [0.1, 0.15) is 16.8 Å². The van der Waals surface area contributed by atoms with Gasteiger partial charge in [-0.05, 0) is 36.9 Å². The molecule has 2 heterocycles. The molecule has 2 aromatic rings. The first-order chi connectivity index (χ1) is 9.62. The average molecular weight is 301 g/mol. The third-order valence-corrected chi connectivity index (χ3v) is 4.92. The van der Waals surface area contributed by atoms with Gasteiger partial charge >= 0.3 is 0 Å². The van der Waals surface area contributed by atoms with Gasteiger partial charge in [-0.25, -0.2) is 0 Å². The molecule has 0 aliphatic rings. The van der Waals surface area contributed by atoms with Crippen molar-refractivity contribution in [3.05, 3.63) is 41.4 Å². The Morgan fingerprint density at radius 3 is 2.65 bits per heavy atom. The summed E-state index contributed by atoms with van der Waals surface area (Å²) in [6, 6.07) is 5.69. The van der Waals surface area contributed by atoms with Crippen molar-refractivity contribution in [1.29, 1.82) is 10.5 Å². The van der Waals surface area contributed by atoms with Crippen LogP contribution in [-0.2, 0) is 6.54 Å². The predicted molar refractivity (Wildman–Crippen MR) is 80.8 cm³/mol. The van der Waals surface area contributed by atoms with E-state index >= 15 is 0 Å². The number of nitriles is 2. The molecular formula is C14H11N3OS2. The summed E-state index contributed by atoms with van der Waals surface area (Å²) < 4.78 is 2.46. The summed E-state index contributed by atoms with van der Waals surface area (Å²) in [5.74, 6) is 0. The third kappa shape index (κ3) is 2.44. The Hall–Kier alpha value is -2.15. The second-order valence-electron chi connectivity index (χ2n) is 4.03. The number of thiazole rings is 1. The Morgan fingerprint density at radius 2 is 2.15 bits per heavy atom. The lowest BCUT2D eigenvalue weighted by Crippen LogP contribution is -2.31. The molecule has 0 aliphatic heterocycles. The number of hydrogen-bond acceptors (Lipinski definition) is 5. The molecule has 0 fully saturated rings. The Morgan fingerprint density at radius 1 is 1.45 bits per heavy atom. The normalized spacial score (nSPS) is 11.1. The van der Waals surface area contributed by atoms with E-state index in [1.807, 2.05) is 43.5 Å². The molecule has 0 aliphatic carbocycles. The van der Waals surface area contributed by atoms with Crippen molar-refractivity contribution in [2.75, 3.05) is 0 Å². The van der Waals surface area contributed by atoms with Gasteiger partial charge in [-0.15, -0.1) is 22.7 Å². The Kier molecular flexibility index (Phi) is 4.19. The van der Waals surface area contributed by atoms with E-state index in [-0.39, 0.29) is 11.1 Å². The van der Waals surface area contributed by atoms with Crippen molar-refractivity contribution in [2.24, 2.45) is 0 Å². The zero-order chi connectivity index (χ0) is 14.7. The van der Waals surface area contributed by atoms with Crippen LogP contribution >= 0.6 is 22.7 Å². The smallest absolute Gasteiger partial charge is 0.269 e. The average Bonchev–Trinajstić information content (AvgIpc) is 2.97. The van der Waals surface area contributed by atoms with Gasteiger partial charge in [0.2, 0.25) is 0 Å². The highest BCUT2D eigenvalue weighted by Gasteiger charge is 2.08. The van der Waals surface area contributed by atoms with E-state index in [1.54, 1.807) is 11.3 Å². The molecular weight excluding hydrogens is 290 g/mol. The van der Waals surface area contributed by atoms with Crippen LogP contribution in [0.3, 0.4) is 0 Å². The lowest BCUT2D eigenvalue weighted by molar-refractivity contribution is 0.722. The van der Waals surface area contributed by atoms with Gasteiger partial charge in [0.15, 0.2) is 5.57 Å². The molecule has 0 N–H and O–H groups in total. The number of thiophene rings is 1. The van der Waals surface area contributed by atoms with Crippen LogP contribution in [0.15, 0.2) is 16.2 Å². The summed E-state index contributed by atoms with van der Waals surface area (Å²) in [7, 11) is 0. The van der Waals surface area contributed by atoms with Gasteiger partial charge in [0.05, 0.1) is 4.53 Å². The van der Waals surface area contributed by atoms with Crippen LogP contribution in [-0.4, -0.2) is 4.57 Å². The van der Waals surface area contributed by atoms with Crippen molar-refractivity contribution in [3.8, 4) is 12.1 Å². The number of aromatic nitrogens is 1. The van der Waals surface area contributed by atoms with Crippen LogP contribution in [0.25, 0.3) is 11.6 Å². The van der Waals surface area contributed by atoms with E-state index in [2.05, 4.69) is 0 Å². The molecule has 0 atom stereocenters. The first-order valence-electron chi connectivity index (χ1n) is 5.92. The monoisotopic (exact) mass is 301 g/mol. The summed E-state index contributed by atoms with van der Waals surface area (Å²) in [5.41, 5.74) is 0.942. The van der Waals surface area contributed by atoms with Gasteiger partial charge in [-0.2, -0.15) is 10.5 Å². The van der Waals surface area contributed by atoms with E-state index in [0.717, 1.165) is 10.4 Å². The Balaban J connectivity index is 2.85. The van der Waals surface area contributed by atoms with Gasteiger partial charge in [0.25, 0.3) is 5.56 Å². The maximum Gasteiger partial charge on any atom is 0.269 e. The molecule has 2 rings (SSSR count). The number of hydrogen-bond donors (Lipinski definition) is 0. The minimum Gasteiger partial charge on any atom is -0.298 e. The molecule has 0 saturated heterocycles. The lowest BCUT2D eigenvalue weighted by Gasteiger charge is -1.93. The van der Waals surface area contributed by atoms with Gasteiger partial charge in [-0.3, -0.25) is 9.36 Å². The molecule has 0 saturated carbocycles. The van der Waals surface area contributed by atoms with E-state index in [0.29, 0.717) is 15.7 Å². The minimum atomic E-state index is -0.150.